The lowest BCUT2D eigenvalue weighted by molar-refractivity contribution is -0.126. The first-order valence-electron chi connectivity index (χ1n) is 6.68. The highest BCUT2D eigenvalue weighted by molar-refractivity contribution is 5.83. The van der Waals surface area contributed by atoms with Crippen LogP contribution in [0.15, 0.2) is 0 Å². The Morgan fingerprint density at radius 2 is 1.65 bits per heavy atom. The molecule has 17 heavy (non-hydrogen) atoms. The monoisotopic (exact) mass is 241 g/mol. The third kappa shape index (κ3) is 8.90. The van der Waals surface area contributed by atoms with E-state index in [1.165, 1.54) is 0 Å². The Labute approximate surface area is 105 Å². The molecule has 0 saturated carbocycles. The van der Waals surface area contributed by atoms with Gasteiger partial charge in [-0.1, -0.05) is 34.1 Å². The van der Waals surface area contributed by atoms with Gasteiger partial charge in [-0.25, -0.2) is 0 Å². The normalized spacial score (nSPS) is 11.3. The fraction of sp³-hybridized carbons (Fsp3) is 0.857. The van der Waals surface area contributed by atoms with Gasteiger partial charge < -0.3 is 5.32 Å². The Morgan fingerprint density at radius 3 is 2.18 bits per heavy atom. The van der Waals surface area contributed by atoms with Crippen LogP contribution in [0, 0.1) is 5.41 Å². The molecule has 0 aliphatic heterocycles. The molecule has 0 bridgehead atoms. The van der Waals surface area contributed by atoms with Gasteiger partial charge in [0.1, 0.15) is 5.78 Å². The number of ketones is 1. The van der Waals surface area contributed by atoms with Gasteiger partial charge >= 0.3 is 0 Å². The number of carbonyl (C=O) groups excluding carboxylic acids is 2. The van der Waals surface area contributed by atoms with Crippen LogP contribution in [0.5, 0.6) is 0 Å². The Kier molecular flexibility index (Phi) is 7.85. The zero-order chi connectivity index (χ0) is 13.3. The summed E-state index contributed by atoms with van der Waals surface area (Å²) in [7, 11) is 0. The maximum Gasteiger partial charge on any atom is 0.219 e. The molecule has 0 aliphatic carbocycles. The van der Waals surface area contributed by atoms with Crippen molar-refractivity contribution in [2.75, 3.05) is 6.54 Å². The maximum absolute atomic E-state index is 11.6. The van der Waals surface area contributed by atoms with Crippen molar-refractivity contribution < 1.29 is 9.59 Å². The van der Waals surface area contributed by atoms with Gasteiger partial charge in [0, 0.05) is 24.8 Å². The van der Waals surface area contributed by atoms with Crippen molar-refractivity contribution >= 4 is 11.7 Å². The quantitative estimate of drug-likeness (QED) is 0.664. The summed E-state index contributed by atoms with van der Waals surface area (Å²) in [6, 6.07) is 0. The number of unbranched alkanes of at least 4 members (excludes halogenated alkanes) is 2. The number of amides is 1. The standard InChI is InChI=1S/C14H27NO2/c1-5-9-13(17)15-11-8-6-7-10-12(16)14(2,3)4/h5-11H2,1-4H3,(H,15,17). The third-order valence-corrected chi connectivity index (χ3v) is 2.72. The van der Waals surface area contributed by atoms with Gasteiger partial charge in [-0.3, -0.25) is 9.59 Å². The second kappa shape index (κ2) is 8.26. The third-order valence-electron chi connectivity index (χ3n) is 2.72. The van der Waals surface area contributed by atoms with E-state index in [0.717, 1.165) is 32.2 Å². The molecule has 1 N–H and O–H groups in total. The minimum Gasteiger partial charge on any atom is -0.356 e. The minimum absolute atomic E-state index is 0.137. The van der Waals surface area contributed by atoms with Gasteiger partial charge in [0.2, 0.25) is 5.91 Å². The number of carbonyl (C=O) groups is 2. The number of Topliss-reactive ketones (excluding diaryl/α,β-unsaturated/α-hetero) is 1. The van der Waals surface area contributed by atoms with Crippen LogP contribution in [-0.2, 0) is 9.59 Å². The molecule has 3 nitrogen and oxygen atoms in total. The fourth-order valence-corrected chi connectivity index (χ4v) is 1.51. The molecule has 0 aromatic rings. The van der Waals surface area contributed by atoms with Crippen LogP contribution >= 0.6 is 0 Å². The van der Waals surface area contributed by atoms with Crippen LogP contribution in [0.3, 0.4) is 0 Å². The fourth-order valence-electron chi connectivity index (χ4n) is 1.51. The molecule has 0 radical (unpaired) electrons. The van der Waals surface area contributed by atoms with Gasteiger partial charge in [-0.15, -0.1) is 0 Å². The van der Waals surface area contributed by atoms with E-state index in [9.17, 15) is 9.59 Å². The maximum atomic E-state index is 11.6. The largest absolute Gasteiger partial charge is 0.356 e. The van der Waals surface area contributed by atoms with E-state index >= 15 is 0 Å². The van der Waals surface area contributed by atoms with E-state index < -0.39 is 0 Å². The molecular formula is C14H27NO2. The van der Waals surface area contributed by atoms with Gasteiger partial charge in [0.15, 0.2) is 0 Å². The molecule has 0 atom stereocenters. The van der Waals surface area contributed by atoms with Crippen molar-refractivity contribution in [3.8, 4) is 0 Å². The Hall–Kier alpha value is -0.860. The molecule has 0 aliphatic rings. The van der Waals surface area contributed by atoms with Crippen LogP contribution in [0.4, 0.5) is 0 Å². The summed E-state index contributed by atoms with van der Waals surface area (Å²) >= 11 is 0. The molecule has 100 valence electrons. The van der Waals surface area contributed by atoms with Crippen molar-refractivity contribution in [3.63, 3.8) is 0 Å². The van der Waals surface area contributed by atoms with Crippen LogP contribution in [0.2, 0.25) is 0 Å². The summed E-state index contributed by atoms with van der Waals surface area (Å²) in [5, 5.41) is 2.88. The van der Waals surface area contributed by atoms with Crippen LogP contribution in [-0.4, -0.2) is 18.2 Å². The summed E-state index contributed by atoms with van der Waals surface area (Å²) in [4.78, 5) is 22.8. The minimum atomic E-state index is -0.213. The summed E-state index contributed by atoms with van der Waals surface area (Å²) in [5.74, 6) is 0.464. The first-order valence-corrected chi connectivity index (χ1v) is 6.68. The lowest BCUT2D eigenvalue weighted by Gasteiger charge is -2.16. The van der Waals surface area contributed by atoms with Crippen molar-refractivity contribution in [1.82, 2.24) is 5.32 Å². The van der Waals surface area contributed by atoms with Gasteiger partial charge in [0.25, 0.3) is 0 Å². The van der Waals surface area contributed by atoms with Gasteiger partial charge in [-0.05, 0) is 19.3 Å². The molecular weight excluding hydrogens is 214 g/mol. The average molecular weight is 241 g/mol. The molecule has 1 amide bonds. The smallest absolute Gasteiger partial charge is 0.219 e. The molecule has 0 heterocycles. The SMILES string of the molecule is CCCC(=O)NCCCCCC(=O)C(C)(C)C. The number of rotatable bonds is 8. The topological polar surface area (TPSA) is 46.2 Å². The lowest BCUT2D eigenvalue weighted by Crippen LogP contribution is -2.24. The molecule has 0 aromatic carbocycles. The zero-order valence-corrected chi connectivity index (χ0v) is 11.8. The van der Waals surface area contributed by atoms with E-state index in [-0.39, 0.29) is 11.3 Å². The van der Waals surface area contributed by atoms with Crippen molar-refractivity contribution in [2.45, 2.75) is 66.2 Å². The average Bonchev–Trinajstić information content (AvgIpc) is 2.21. The van der Waals surface area contributed by atoms with Crippen molar-refractivity contribution in [1.29, 1.82) is 0 Å². The Bertz CT molecular complexity index is 241. The van der Waals surface area contributed by atoms with Crippen LogP contribution < -0.4 is 5.32 Å². The Morgan fingerprint density at radius 1 is 1.00 bits per heavy atom. The second-order valence-electron chi connectivity index (χ2n) is 5.58. The van der Waals surface area contributed by atoms with Crippen molar-refractivity contribution in [3.05, 3.63) is 0 Å². The zero-order valence-electron chi connectivity index (χ0n) is 11.8. The van der Waals surface area contributed by atoms with E-state index in [1.807, 2.05) is 27.7 Å². The Balaban J connectivity index is 3.42. The van der Waals surface area contributed by atoms with Gasteiger partial charge in [0.05, 0.1) is 0 Å². The van der Waals surface area contributed by atoms with Crippen molar-refractivity contribution in [2.24, 2.45) is 5.41 Å². The molecule has 0 saturated heterocycles. The first-order chi connectivity index (χ1) is 7.88. The number of hydrogen-bond donors (Lipinski definition) is 1. The predicted molar refractivity (Wildman–Crippen MR) is 70.8 cm³/mol. The number of nitrogens with one attached hydrogen (secondary N) is 1. The summed E-state index contributed by atoms with van der Waals surface area (Å²) in [5.41, 5.74) is -0.213. The second-order valence-corrected chi connectivity index (χ2v) is 5.58. The molecule has 0 aromatic heterocycles. The first kappa shape index (κ1) is 16.1. The molecule has 0 spiro atoms. The summed E-state index contributed by atoms with van der Waals surface area (Å²) in [6.45, 7) is 8.61. The van der Waals surface area contributed by atoms with E-state index in [1.54, 1.807) is 0 Å². The van der Waals surface area contributed by atoms with E-state index in [4.69, 9.17) is 0 Å². The molecule has 0 rings (SSSR count). The van der Waals surface area contributed by atoms with E-state index in [2.05, 4.69) is 5.32 Å². The summed E-state index contributed by atoms with van der Waals surface area (Å²) in [6.07, 6.45) is 5.07. The molecule has 0 unspecified atom stereocenters. The lowest BCUT2D eigenvalue weighted by atomic mass is 9.88. The predicted octanol–water partition coefficient (Wildman–Crippen LogP) is 3.08. The van der Waals surface area contributed by atoms with Crippen LogP contribution in [0.1, 0.15) is 66.2 Å². The summed E-state index contributed by atoms with van der Waals surface area (Å²) < 4.78 is 0. The number of hydrogen-bond acceptors (Lipinski definition) is 2. The molecule has 0 fully saturated rings. The van der Waals surface area contributed by atoms with Crippen LogP contribution in [0.25, 0.3) is 0 Å². The van der Waals surface area contributed by atoms with E-state index in [0.29, 0.717) is 18.6 Å². The highest BCUT2D eigenvalue weighted by atomic mass is 16.1. The van der Waals surface area contributed by atoms with Gasteiger partial charge in [-0.2, -0.15) is 0 Å². The highest BCUT2D eigenvalue weighted by Crippen LogP contribution is 2.18. The highest BCUT2D eigenvalue weighted by Gasteiger charge is 2.19. The molecule has 3 heteroatoms.